The van der Waals surface area contributed by atoms with Gasteiger partial charge in [-0.3, -0.25) is 9.69 Å². The minimum absolute atomic E-state index is 0.0883. The van der Waals surface area contributed by atoms with Crippen LogP contribution >= 0.6 is 0 Å². The van der Waals surface area contributed by atoms with E-state index in [-0.39, 0.29) is 29.1 Å². The van der Waals surface area contributed by atoms with Crippen LogP contribution < -0.4 is 20.5 Å². The smallest absolute Gasteiger partial charge is 0.238 e. The van der Waals surface area contributed by atoms with Gasteiger partial charge in [0, 0.05) is 25.7 Å². The molecule has 2 aromatic carbocycles. The van der Waals surface area contributed by atoms with Gasteiger partial charge < -0.3 is 15.4 Å². The molecule has 0 saturated carbocycles. The number of piperidine rings is 1. The van der Waals surface area contributed by atoms with Crippen molar-refractivity contribution in [1.82, 2.24) is 10.2 Å². The summed E-state index contributed by atoms with van der Waals surface area (Å²) < 4.78 is 28.5. The first kappa shape index (κ1) is 24.2. The summed E-state index contributed by atoms with van der Waals surface area (Å²) in [5.41, 5.74) is 1.57. The number of hydrogen-bond acceptors (Lipinski definition) is 6. The molecule has 1 amide bonds. The summed E-state index contributed by atoms with van der Waals surface area (Å²) >= 11 is 0. The van der Waals surface area contributed by atoms with E-state index in [0.29, 0.717) is 17.6 Å². The lowest BCUT2D eigenvalue weighted by Crippen LogP contribution is -2.54. The van der Waals surface area contributed by atoms with Crippen molar-refractivity contribution in [2.75, 3.05) is 32.1 Å². The predicted octanol–water partition coefficient (Wildman–Crippen LogP) is 2.03. The van der Waals surface area contributed by atoms with Crippen molar-refractivity contribution in [1.29, 1.82) is 0 Å². The number of likely N-dealkylation sites (tertiary alicyclic amines) is 1. The molecule has 0 radical (unpaired) electrons. The summed E-state index contributed by atoms with van der Waals surface area (Å²) in [6.45, 7) is 7.32. The molecule has 2 aromatic rings. The Kier molecular flexibility index (Phi) is 7.89. The molecule has 32 heavy (non-hydrogen) atoms. The van der Waals surface area contributed by atoms with Crippen molar-refractivity contribution in [3.05, 3.63) is 54.1 Å². The third-order valence-electron chi connectivity index (χ3n) is 5.84. The molecule has 174 valence electrons. The molecule has 0 bridgehead atoms. The molecule has 1 aliphatic rings. The van der Waals surface area contributed by atoms with Crippen LogP contribution in [0.2, 0.25) is 0 Å². The fourth-order valence-electron chi connectivity index (χ4n) is 4.42. The number of nitrogens with one attached hydrogen (secondary N) is 2. The van der Waals surface area contributed by atoms with E-state index in [1.165, 1.54) is 30.9 Å². The molecule has 2 atom stereocenters. The molecule has 1 saturated heterocycles. The van der Waals surface area contributed by atoms with Crippen LogP contribution in [0.25, 0.3) is 0 Å². The molecule has 0 spiro atoms. The summed E-state index contributed by atoms with van der Waals surface area (Å²) in [6.07, 6.45) is 0. The van der Waals surface area contributed by atoms with Crippen LogP contribution in [-0.4, -0.2) is 52.0 Å². The van der Waals surface area contributed by atoms with Crippen LogP contribution in [0.4, 0.5) is 5.69 Å². The van der Waals surface area contributed by atoms with E-state index in [2.05, 4.69) is 53.6 Å². The number of methoxy groups -OCH3 is 1. The minimum Gasteiger partial charge on any atom is -0.495 e. The number of hydrogen-bond donors (Lipinski definition) is 3. The van der Waals surface area contributed by atoms with Crippen molar-refractivity contribution in [2.24, 2.45) is 17.0 Å². The van der Waals surface area contributed by atoms with E-state index in [9.17, 15) is 13.2 Å². The monoisotopic (exact) mass is 460 g/mol. The van der Waals surface area contributed by atoms with Crippen molar-refractivity contribution in [3.8, 4) is 5.75 Å². The van der Waals surface area contributed by atoms with Crippen molar-refractivity contribution in [2.45, 2.75) is 31.3 Å². The molecule has 1 fully saturated rings. The zero-order valence-electron chi connectivity index (χ0n) is 18.7. The van der Waals surface area contributed by atoms with Gasteiger partial charge in [-0.05, 0) is 35.6 Å². The average Bonchev–Trinajstić information content (AvgIpc) is 2.73. The van der Waals surface area contributed by atoms with Gasteiger partial charge in [-0.2, -0.15) is 0 Å². The lowest BCUT2D eigenvalue weighted by Gasteiger charge is -2.42. The number of carbonyl (C=O) groups is 1. The Labute approximate surface area is 190 Å². The number of primary sulfonamides is 1. The quantitative estimate of drug-likeness (QED) is 0.555. The van der Waals surface area contributed by atoms with Crippen LogP contribution in [0.5, 0.6) is 5.75 Å². The molecule has 4 N–H and O–H groups in total. The predicted molar refractivity (Wildman–Crippen MR) is 125 cm³/mol. The number of nitrogens with zero attached hydrogens (tertiary/aromatic N) is 1. The van der Waals surface area contributed by atoms with Crippen LogP contribution in [0.1, 0.15) is 19.4 Å². The number of benzene rings is 2. The third kappa shape index (κ3) is 6.29. The highest BCUT2D eigenvalue weighted by Gasteiger charge is 2.31. The first-order chi connectivity index (χ1) is 15.2. The molecule has 8 nitrogen and oxygen atoms in total. The first-order valence-electron chi connectivity index (χ1n) is 10.7. The third-order valence-corrected chi connectivity index (χ3v) is 6.75. The largest absolute Gasteiger partial charge is 0.495 e. The van der Waals surface area contributed by atoms with E-state index in [1.54, 1.807) is 0 Å². The van der Waals surface area contributed by atoms with Gasteiger partial charge in [0.05, 0.1) is 24.2 Å². The van der Waals surface area contributed by atoms with Gasteiger partial charge in [0.15, 0.2) is 0 Å². The van der Waals surface area contributed by atoms with Gasteiger partial charge in [0.1, 0.15) is 5.75 Å². The van der Waals surface area contributed by atoms with Gasteiger partial charge in [-0.15, -0.1) is 0 Å². The molecule has 1 heterocycles. The Balaban J connectivity index is 1.57. The molecule has 3 rings (SSSR count). The Morgan fingerprint density at radius 1 is 1.12 bits per heavy atom. The van der Waals surface area contributed by atoms with Crippen LogP contribution in [0.3, 0.4) is 0 Å². The van der Waals surface area contributed by atoms with Crippen LogP contribution in [0.15, 0.2) is 53.4 Å². The Morgan fingerprint density at radius 2 is 1.78 bits per heavy atom. The average molecular weight is 461 g/mol. The lowest BCUT2D eigenvalue weighted by atomic mass is 9.85. The second-order valence-electron chi connectivity index (χ2n) is 8.50. The fraction of sp³-hybridized carbons (Fsp3) is 0.435. The Hall–Kier alpha value is -2.46. The van der Waals surface area contributed by atoms with Gasteiger partial charge in [-0.25, -0.2) is 13.6 Å². The zero-order valence-corrected chi connectivity index (χ0v) is 19.6. The van der Waals surface area contributed by atoms with E-state index in [1.807, 2.05) is 6.07 Å². The summed E-state index contributed by atoms with van der Waals surface area (Å²) in [5, 5.41) is 11.3. The van der Waals surface area contributed by atoms with E-state index >= 15 is 0 Å². The first-order valence-corrected chi connectivity index (χ1v) is 12.2. The number of ether oxygens (including phenoxy) is 1. The summed E-state index contributed by atoms with van der Waals surface area (Å²) in [7, 11) is -2.43. The van der Waals surface area contributed by atoms with Crippen LogP contribution in [-0.2, 0) is 21.4 Å². The molecular formula is C23H32N4O4S. The van der Waals surface area contributed by atoms with Crippen LogP contribution in [0, 0.1) is 11.8 Å². The van der Waals surface area contributed by atoms with Gasteiger partial charge >= 0.3 is 0 Å². The number of carbonyl (C=O) groups excluding carboxylic acids is 1. The maximum atomic E-state index is 12.6. The number of sulfonamides is 1. The van der Waals surface area contributed by atoms with E-state index < -0.39 is 10.0 Å². The maximum Gasteiger partial charge on any atom is 0.238 e. The Morgan fingerprint density at radius 3 is 2.38 bits per heavy atom. The second-order valence-corrected chi connectivity index (χ2v) is 10.1. The minimum atomic E-state index is -3.89. The molecule has 0 aliphatic carbocycles. The van der Waals surface area contributed by atoms with E-state index in [0.717, 1.165) is 19.6 Å². The Bertz CT molecular complexity index is 1020. The normalized spacial score (nSPS) is 21.8. The zero-order chi connectivity index (χ0) is 23.3. The van der Waals surface area contributed by atoms with E-state index in [4.69, 9.17) is 9.88 Å². The number of anilines is 1. The summed E-state index contributed by atoms with van der Waals surface area (Å²) in [4.78, 5) is 14.9. The molecule has 9 heteroatoms. The number of nitrogens with two attached hydrogens (primary N) is 1. The molecular weight excluding hydrogens is 428 g/mol. The second kappa shape index (κ2) is 10.4. The molecule has 1 aliphatic heterocycles. The lowest BCUT2D eigenvalue weighted by molar-refractivity contribution is -0.115. The van der Waals surface area contributed by atoms with Gasteiger partial charge in [-0.1, -0.05) is 44.2 Å². The van der Waals surface area contributed by atoms with Crippen molar-refractivity contribution < 1.29 is 17.9 Å². The number of rotatable bonds is 8. The highest BCUT2D eigenvalue weighted by Crippen LogP contribution is 2.27. The highest BCUT2D eigenvalue weighted by molar-refractivity contribution is 7.89. The number of amides is 1. The topological polar surface area (TPSA) is 114 Å². The SMILES string of the molecule is COc1ccc(S(N)(=O)=O)cc1NC(=O)CNC1C(C)CN(Cc2ccccc2)CC1C. The highest BCUT2D eigenvalue weighted by atomic mass is 32.2. The fourth-order valence-corrected chi connectivity index (χ4v) is 4.96. The summed E-state index contributed by atoms with van der Waals surface area (Å²) in [5.74, 6) is 0.828. The van der Waals surface area contributed by atoms with Gasteiger partial charge in [0.25, 0.3) is 0 Å². The summed E-state index contributed by atoms with van der Waals surface area (Å²) in [6, 6.07) is 14.7. The molecule has 0 aromatic heterocycles. The van der Waals surface area contributed by atoms with Crippen molar-refractivity contribution >= 4 is 21.6 Å². The standard InChI is InChI=1S/C23H32N4O4S/c1-16-13-27(15-18-7-5-4-6-8-18)14-17(2)23(16)25-12-22(28)26-20-11-19(32(24,29)30)9-10-21(20)31-3/h4-11,16-17,23,25H,12-15H2,1-3H3,(H,26,28)(H2,24,29,30). The van der Waals surface area contributed by atoms with Crippen molar-refractivity contribution in [3.63, 3.8) is 0 Å². The van der Waals surface area contributed by atoms with Gasteiger partial charge in [0.2, 0.25) is 15.9 Å². The maximum absolute atomic E-state index is 12.6. The molecule has 2 unspecified atom stereocenters.